The Kier molecular flexibility index (Phi) is 8.90. The molecule has 1 aliphatic rings. The van der Waals surface area contributed by atoms with Crippen LogP contribution in [0.5, 0.6) is 0 Å². The number of aromatic amines is 1. The zero-order valence-corrected chi connectivity index (χ0v) is 21.8. The van der Waals surface area contributed by atoms with Crippen molar-refractivity contribution in [3.63, 3.8) is 0 Å². The third kappa shape index (κ3) is 6.78. The summed E-state index contributed by atoms with van der Waals surface area (Å²) >= 11 is 0. The van der Waals surface area contributed by atoms with E-state index in [0.717, 1.165) is 5.56 Å². The molecule has 0 amide bonds. The number of nitrogens with zero attached hydrogens (tertiary/aromatic N) is 1. The van der Waals surface area contributed by atoms with Gasteiger partial charge in [-0.1, -0.05) is 17.7 Å². The third-order valence-corrected chi connectivity index (χ3v) is 9.14. The number of aromatic nitrogens is 2. The summed E-state index contributed by atoms with van der Waals surface area (Å²) in [7, 11) is -7.59. The first-order valence-electron chi connectivity index (χ1n) is 11.3. The zero-order chi connectivity index (χ0) is 25.8. The first kappa shape index (κ1) is 27.5. The van der Waals surface area contributed by atoms with E-state index < -0.39 is 47.2 Å². The van der Waals surface area contributed by atoms with Crippen molar-refractivity contribution in [1.82, 2.24) is 9.55 Å². The molecular formula is C22H31N2O9PS. The van der Waals surface area contributed by atoms with Crippen LogP contribution in [0.15, 0.2) is 44.9 Å². The van der Waals surface area contributed by atoms with Gasteiger partial charge in [0.15, 0.2) is 0 Å². The van der Waals surface area contributed by atoms with E-state index in [9.17, 15) is 22.6 Å². The van der Waals surface area contributed by atoms with Gasteiger partial charge in [-0.2, -0.15) is 8.42 Å². The highest BCUT2D eigenvalue weighted by molar-refractivity contribution is 7.86. The van der Waals surface area contributed by atoms with E-state index >= 15 is 0 Å². The molecule has 2 aromatic rings. The Morgan fingerprint density at radius 3 is 2.34 bits per heavy atom. The van der Waals surface area contributed by atoms with Gasteiger partial charge in [-0.15, -0.1) is 0 Å². The van der Waals surface area contributed by atoms with Crippen molar-refractivity contribution in [3.8, 4) is 0 Å². The molecule has 0 unspecified atom stereocenters. The van der Waals surface area contributed by atoms with Gasteiger partial charge in [0.1, 0.15) is 6.23 Å². The van der Waals surface area contributed by atoms with Crippen LogP contribution in [0.25, 0.3) is 0 Å². The number of benzene rings is 1. The molecule has 11 nitrogen and oxygen atoms in total. The number of aryl methyl sites for hydroxylation is 2. The predicted molar refractivity (Wildman–Crippen MR) is 128 cm³/mol. The minimum Gasteiger partial charge on any atom is -0.352 e. The van der Waals surface area contributed by atoms with Crippen LogP contribution in [0.1, 0.15) is 37.6 Å². The van der Waals surface area contributed by atoms with Crippen LogP contribution in [-0.4, -0.2) is 50.1 Å². The smallest absolute Gasteiger partial charge is 0.331 e. The minimum atomic E-state index is -4.08. The van der Waals surface area contributed by atoms with E-state index in [0.29, 0.717) is 5.56 Å². The molecule has 1 saturated heterocycles. The Labute approximate surface area is 204 Å². The molecule has 1 N–H and O–H groups in total. The zero-order valence-electron chi connectivity index (χ0n) is 20.1. The molecule has 1 aliphatic heterocycles. The Morgan fingerprint density at radius 2 is 1.74 bits per heavy atom. The van der Waals surface area contributed by atoms with E-state index in [-0.39, 0.29) is 37.3 Å². The van der Waals surface area contributed by atoms with Gasteiger partial charge in [0, 0.05) is 17.7 Å². The molecule has 0 saturated carbocycles. The number of H-pyrrole nitrogens is 1. The molecule has 0 bridgehead atoms. The van der Waals surface area contributed by atoms with Crippen molar-refractivity contribution >= 4 is 17.7 Å². The summed E-state index contributed by atoms with van der Waals surface area (Å²) < 4.78 is 62.0. The second-order valence-corrected chi connectivity index (χ2v) is 12.0. The SMILES string of the molecule is CCOP(=O)(C[C@H]1C[C@H](n2cc(C)c(=O)[nH]c2=O)O[C@@H]1COS(=O)(=O)c1ccc(C)cc1)OCC. The number of hydrogen-bond donors (Lipinski definition) is 1. The van der Waals surface area contributed by atoms with Crippen molar-refractivity contribution in [3.05, 3.63) is 62.4 Å². The van der Waals surface area contributed by atoms with Crippen LogP contribution in [-0.2, 0) is 32.7 Å². The molecule has 3 rings (SSSR count). The lowest BCUT2D eigenvalue weighted by Crippen LogP contribution is -2.33. The Hall–Kier alpha value is -2.08. The third-order valence-electron chi connectivity index (χ3n) is 5.62. The average molecular weight is 531 g/mol. The van der Waals surface area contributed by atoms with Gasteiger partial charge < -0.3 is 13.8 Å². The van der Waals surface area contributed by atoms with Gasteiger partial charge in [-0.3, -0.25) is 23.1 Å². The fourth-order valence-corrected chi connectivity index (χ4v) is 6.83. The van der Waals surface area contributed by atoms with Crippen LogP contribution in [0.3, 0.4) is 0 Å². The fraction of sp³-hybridized carbons (Fsp3) is 0.545. The van der Waals surface area contributed by atoms with E-state index in [1.54, 1.807) is 32.9 Å². The molecule has 1 aromatic heterocycles. The summed E-state index contributed by atoms with van der Waals surface area (Å²) in [5.41, 5.74) is 0.0222. The molecular weight excluding hydrogens is 499 g/mol. The molecule has 35 heavy (non-hydrogen) atoms. The van der Waals surface area contributed by atoms with Gasteiger partial charge in [-0.25, -0.2) is 4.79 Å². The molecule has 1 aromatic carbocycles. The molecule has 0 aliphatic carbocycles. The van der Waals surface area contributed by atoms with Crippen molar-refractivity contribution in [2.45, 2.75) is 51.3 Å². The summed E-state index contributed by atoms with van der Waals surface area (Å²) in [6, 6.07) is 6.21. The highest BCUT2D eigenvalue weighted by Crippen LogP contribution is 2.52. The monoisotopic (exact) mass is 530 g/mol. The van der Waals surface area contributed by atoms with Crippen LogP contribution in [0.2, 0.25) is 0 Å². The Bertz CT molecular complexity index is 1280. The van der Waals surface area contributed by atoms with E-state index in [1.807, 2.05) is 6.92 Å². The quantitative estimate of drug-likeness (QED) is 0.343. The van der Waals surface area contributed by atoms with Gasteiger partial charge in [0.2, 0.25) is 0 Å². The van der Waals surface area contributed by atoms with Gasteiger partial charge >= 0.3 is 13.3 Å². The molecule has 0 spiro atoms. The van der Waals surface area contributed by atoms with Crippen LogP contribution < -0.4 is 11.2 Å². The lowest BCUT2D eigenvalue weighted by atomic mass is 10.0. The summed E-state index contributed by atoms with van der Waals surface area (Å²) in [5, 5.41) is 0. The molecule has 2 heterocycles. The van der Waals surface area contributed by atoms with Crippen LogP contribution in [0.4, 0.5) is 0 Å². The summed E-state index contributed by atoms with van der Waals surface area (Å²) in [5.74, 6) is -0.517. The van der Waals surface area contributed by atoms with Crippen molar-refractivity contribution in [1.29, 1.82) is 0 Å². The highest BCUT2D eigenvalue weighted by Gasteiger charge is 2.42. The molecule has 0 radical (unpaired) electrons. The van der Waals surface area contributed by atoms with E-state index in [4.69, 9.17) is 18.0 Å². The molecule has 13 heteroatoms. The van der Waals surface area contributed by atoms with Gasteiger partial charge in [0.25, 0.3) is 15.7 Å². The molecule has 194 valence electrons. The topological polar surface area (TPSA) is 143 Å². The first-order valence-corrected chi connectivity index (χ1v) is 14.4. The lowest BCUT2D eigenvalue weighted by molar-refractivity contribution is -0.0256. The lowest BCUT2D eigenvalue weighted by Gasteiger charge is -2.23. The van der Waals surface area contributed by atoms with Crippen molar-refractivity contribution in [2.24, 2.45) is 5.92 Å². The molecule has 3 atom stereocenters. The van der Waals surface area contributed by atoms with Crippen LogP contribution >= 0.6 is 7.60 Å². The number of rotatable bonds is 11. The van der Waals surface area contributed by atoms with Gasteiger partial charge in [0.05, 0.1) is 37.0 Å². The second-order valence-electron chi connectivity index (χ2n) is 8.28. The number of nitrogens with one attached hydrogen (secondary N) is 1. The standard InChI is InChI=1S/C22H31N2O9PS/c1-5-30-34(27,31-6-2)14-17-11-20(24-12-16(4)21(25)23-22(24)26)33-19(17)13-32-35(28,29)18-9-7-15(3)8-10-18/h7-10,12,17,19-20H,5-6,11,13-14H2,1-4H3,(H,23,25,26)/t17-,19-,20-/m1/s1. The number of hydrogen-bond acceptors (Lipinski definition) is 9. The fourth-order valence-electron chi connectivity index (χ4n) is 3.88. The highest BCUT2D eigenvalue weighted by atomic mass is 32.2. The average Bonchev–Trinajstić information content (AvgIpc) is 3.17. The predicted octanol–water partition coefficient (Wildman–Crippen LogP) is 2.73. The normalized spacial score (nSPS) is 20.9. The minimum absolute atomic E-state index is 0.00372. The number of ether oxygens (including phenoxy) is 1. The van der Waals surface area contributed by atoms with Crippen LogP contribution in [0, 0.1) is 19.8 Å². The molecule has 1 fully saturated rings. The van der Waals surface area contributed by atoms with E-state index in [2.05, 4.69) is 4.98 Å². The maximum absolute atomic E-state index is 13.2. The van der Waals surface area contributed by atoms with Crippen molar-refractivity contribution < 1.29 is 31.0 Å². The summed E-state index contributed by atoms with van der Waals surface area (Å²) in [4.78, 5) is 26.4. The summed E-state index contributed by atoms with van der Waals surface area (Å²) in [6.45, 7) is 6.73. The first-order chi connectivity index (χ1) is 16.5. The van der Waals surface area contributed by atoms with E-state index in [1.165, 1.54) is 22.9 Å². The maximum Gasteiger partial charge on any atom is 0.331 e. The second kappa shape index (κ2) is 11.3. The Balaban J connectivity index is 1.87. The maximum atomic E-state index is 13.2. The van der Waals surface area contributed by atoms with Gasteiger partial charge in [-0.05, 0) is 46.2 Å². The van der Waals surface area contributed by atoms with Crippen molar-refractivity contribution in [2.75, 3.05) is 26.0 Å². The Morgan fingerprint density at radius 1 is 1.11 bits per heavy atom. The summed E-state index contributed by atoms with van der Waals surface area (Å²) in [6.07, 6.45) is -0.154. The largest absolute Gasteiger partial charge is 0.352 e.